The van der Waals surface area contributed by atoms with Gasteiger partial charge in [0.1, 0.15) is 0 Å². The summed E-state index contributed by atoms with van der Waals surface area (Å²) in [6, 6.07) is 0.679. The first-order valence-corrected chi connectivity index (χ1v) is 5.17. The van der Waals surface area contributed by atoms with Crippen LogP contribution in [0.25, 0.3) is 0 Å². The highest BCUT2D eigenvalue weighted by Crippen LogP contribution is 2.37. The second kappa shape index (κ2) is 2.84. The van der Waals surface area contributed by atoms with Crippen molar-refractivity contribution in [2.24, 2.45) is 0 Å². The summed E-state index contributed by atoms with van der Waals surface area (Å²) < 4.78 is 2.38. The monoisotopic (exact) mass is 177 g/mol. The standard InChI is InChI=1S/C10H15N3/c1-2-8(3-1)10-6-12-7-13(10)9-4-11-5-9/h6-9,11H,1-5H2. The van der Waals surface area contributed by atoms with Crippen LogP contribution in [0.4, 0.5) is 0 Å². The highest BCUT2D eigenvalue weighted by atomic mass is 15.2. The quantitative estimate of drug-likeness (QED) is 0.737. The number of imidazole rings is 1. The van der Waals surface area contributed by atoms with Gasteiger partial charge >= 0.3 is 0 Å². The van der Waals surface area contributed by atoms with Gasteiger partial charge in [-0.25, -0.2) is 4.98 Å². The average Bonchev–Trinajstić information content (AvgIpc) is 2.30. The minimum Gasteiger partial charge on any atom is -0.329 e. The van der Waals surface area contributed by atoms with E-state index in [0.717, 1.165) is 19.0 Å². The molecule has 3 heteroatoms. The molecule has 3 rings (SSSR count). The molecule has 0 aromatic carbocycles. The fourth-order valence-corrected chi connectivity index (χ4v) is 2.11. The predicted molar refractivity (Wildman–Crippen MR) is 50.7 cm³/mol. The summed E-state index contributed by atoms with van der Waals surface area (Å²) in [5.74, 6) is 0.808. The predicted octanol–water partition coefficient (Wildman–Crippen LogP) is 1.29. The summed E-state index contributed by atoms with van der Waals surface area (Å²) in [5.41, 5.74) is 1.47. The van der Waals surface area contributed by atoms with Crippen LogP contribution in [-0.4, -0.2) is 22.6 Å². The molecule has 0 bridgehead atoms. The van der Waals surface area contributed by atoms with E-state index in [9.17, 15) is 0 Å². The SMILES string of the molecule is c1ncn(C2CNC2)c1C1CCC1. The maximum absolute atomic E-state index is 4.26. The molecule has 2 aliphatic rings. The van der Waals surface area contributed by atoms with Gasteiger partial charge in [-0.1, -0.05) is 6.42 Å². The molecule has 1 saturated carbocycles. The molecule has 0 spiro atoms. The van der Waals surface area contributed by atoms with Gasteiger partial charge < -0.3 is 9.88 Å². The lowest BCUT2D eigenvalue weighted by atomic mass is 9.83. The summed E-state index contributed by atoms with van der Waals surface area (Å²) in [5, 5.41) is 3.30. The molecule has 1 aromatic rings. The number of hydrogen-bond donors (Lipinski definition) is 1. The van der Waals surface area contributed by atoms with Crippen LogP contribution in [0.15, 0.2) is 12.5 Å². The van der Waals surface area contributed by atoms with E-state index in [1.165, 1.54) is 25.0 Å². The van der Waals surface area contributed by atoms with Gasteiger partial charge in [-0.15, -0.1) is 0 Å². The van der Waals surface area contributed by atoms with E-state index in [4.69, 9.17) is 0 Å². The summed E-state index contributed by atoms with van der Waals surface area (Å²) in [6.07, 6.45) is 8.19. The molecule has 2 fully saturated rings. The van der Waals surface area contributed by atoms with Crippen LogP contribution in [0.1, 0.15) is 36.9 Å². The number of nitrogens with one attached hydrogen (secondary N) is 1. The first-order valence-electron chi connectivity index (χ1n) is 5.17. The van der Waals surface area contributed by atoms with Crippen molar-refractivity contribution >= 4 is 0 Å². The van der Waals surface area contributed by atoms with E-state index in [1.54, 1.807) is 0 Å². The van der Waals surface area contributed by atoms with E-state index in [2.05, 4.69) is 21.1 Å². The van der Waals surface area contributed by atoms with Crippen molar-refractivity contribution in [3.05, 3.63) is 18.2 Å². The summed E-state index contributed by atoms with van der Waals surface area (Å²) in [7, 11) is 0. The van der Waals surface area contributed by atoms with Gasteiger partial charge in [0.25, 0.3) is 0 Å². The molecular weight excluding hydrogens is 162 g/mol. The van der Waals surface area contributed by atoms with E-state index >= 15 is 0 Å². The van der Waals surface area contributed by atoms with Gasteiger partial charge in [-0.2, -0.15) is 0 Å². The Bertz CT molecular complexity index is 268. The molecular formula is C10H15N3. The average molecular weight is 177 g/mol. The molecule has 0 amide bonds. The largest absolute Gasteiger partial charge is 0.329 e. The van der Waals surface area contributed by atoms with Crippen molar-refractivity contribution < 1.29 is 0 Å². The fraction of sp³-hybridized carbons (Fsp3) is 0.700. The summed E-state index contributed by atoms with van der Waals surface area (Å²) in [6.45, 7) is 2.24. The lowest BCUT2D eigenvalue weighted by Crippen LogP contribution is -2.44. The lowest BCUT2D eigenvalue weighted by Gasteiger charge is -2.33. The van der Waals surface area contributed by atoms with Crippen LogP contribution in [-0.2, 0) is 0 Å². The molecule has 3 nitrogen and oxygen atoms in total. The molecule has 0 radical (unpaired) electrons. The van der Waals surface area contributed by atoms with Gasteiger partial charge in [0.2, 0.25) is 0 Å². The highest BCUT2D eigenvalue weighted by Gasteiger charge is 2.27. The Morgan fingerprint density at radius 2 is 2.23 bits per heavy atom. The summed E-state index contributed by atoms with van der Waals surface area (Å²) >= 11 is 0. The van der Waals surface area contributed by atoms with Crippen molar-refractivity contribution in [2.75, 3.05) is 13.1 Å². The number of rotatable bonds is 2. The van der Waals surface area contributed by atoms with E-state index in [1.807, 2.05) is 6.33 Å². The Labute approximate surface area is 78.2 Å². The van der Waals surface area contributed by atoms with Crippen LogP contribution in [0.2, 0.25) is 0 Å². The Kier molecular flexibility index (Phi) is 1.65. The van der Waals surface area contributed by atoms with Gasteiger partial charge in [0, 0.05) is 30.9 Å². The third-order valence-corrected chi connectivity index (χ3v) is 3.37. The maximum Gasteiger partial charge on any atom is 0.0951 e. The normalized spacial score (nSPS) is 24.0. The van der Waals surface area contributed by atoms with Crippen LogP contribution in [0.5, 0.6) is 0 Å². The van der Waals surface area contributed by atoms with Crippen LogP contribution in [0, 0.1) is 0 Å². The van der Waals surface area contributed by atoms with E-state index < -0.39 is 0 Å². The smallest absolute Gasteiger partial charge is 0.0951 e. The third kappa shape index (κ3) is 1.10. The highest BCUT2D eigenvalue weighted by molar-refractivity contribution is 5.11. The molecule has 2 heterocycles. The molecule has 1 saturated heterocycles. The number of nitrogens with zero attached hydrogens (tertiary/aromatic N) is 2. The third-order valence-electron chi connectivity index (χ3n) is 3.37. The van der Waals surface area contributed by atoms with Gasteiger partial charge in [-0.05, 0) is 12.8 Å². The van der Waals surface area contributed by atoms with Crippen LogP contribution in [0.3, 0.4) is 0 Å². The van der Waals surface area contributed by atoms with Crippen molar-refractivity contribution in [2.45, 2.75) is 31.2 Å². The zero-order valence-corrected chi connectivity index (χ0v) is 7.74. The first-order chi connectivity index (χ1) is 6.45. The molecule has 0 atom stereocenters. The van der Waals surface area contributed by atoms with Crippen molar-refractivity contribution in [3.63, 3.8) is 0 Å². The van der Waals surface area contributed by atoms with Crippen molar-refractivity contribution in [3.8, 4) is 0 Å². The van der Waals surface area contributed by atoms with Gasteiger partial charge in [0.05, 0.1) is 12.4 Å². The van der Waals surface area contributed by atoms with Gasteiger partial charge in [0.15, 0.2) is 0 Å². The topological polar surface area (TPSA) is 29.9 Å². The van der Waals surface area contributed by atoms with Crippen molar-refractivity contribution in [1.82, 2.24) is 14.9 Å². The lowest BCUT2D eigenvalue weighted by molar-refractivity contribution is 0.313. The second-order valence-corrected chi connectivity index (χ2v) is 4.17. The van der Waals surface area contributed by atoms with Crippen LogP contribution < -0.4 is 5.32 Å². The maximum atomic E-state index is 4.26. The Morgan fingerprint density at radius 1 is 1.38 bits per heavy atom. The second-order valence-electron chi connectivity index (χ2n) is 4.17. The Morgan fingerprint density at radius 3 is 2.77 bits per heavy atom. The minimum atomic E-state index is 0.679. The molecule has 1 aliphatic carbocycles. The van der Waals surface area contributed by atoms with Crippen molar-refractivity contribution in [1.29, 1.82) is 0 Å². The molecule has 70 valence electrons. The molecule has 1 aromatic heterocycles. The molecule has 1 N–H and O–H groups in total. The number of hydrogen-bond acceptors (Lipinski definition) is 2. The fourth-order valence-electron chi connectivity index (χ4n) is 2.11. The molecule has 13 heavy (non-hydrogen) atoms. The molecule has 0 unspecified atom stereocenters. The van der Waals surface area contributed by atoms with Crippen LogP contribution >= 0.6 is 0 Å². The van der Waals surface area contributed by atoms with E-state index in [-0.39, 0.29) is 0 Å². The first kappa shape index (κ1) is 7.56. The number of aromatic nitrogens is 2. The zero-order valence-electron chi connectivity index (χ0n) is 7.74. The van der Waals surface area contributed by atoms with E-state index in [0.29, 0.717) is 6.04 Å². The Hall–Kier alpha value is -0.830. The summed E-state index contributed by atoms with van der Waals surface area (Å²) in [4.78, 5) is 4.26. The molecule has 1 aliphatic heterocycles. The minimum absolute atomic E-state index is 0.679. The zero-order chi connectivity index (χ0) is 8.67. The van der Waals surface area contributed by atoms with Gasteiger partial charge in [-0.3, -0.25) is 0 Å². The Balaban J connectivity index is 1.86.